The number of nitrogens with zero attached hydrogens (tertiary/aromatic N) is 2. The van der Waals surface area contributed by atoms with E-state index in [1.165, 1.54) is 11.3 Å². The molecule has 7 rings (SSSR count). The molecule has 1 aromatic heterocycles. The van der Waals surface area contributed by atoms with Crippen LogP contribution in [0.25, 0.3) is 22.5 Å². The molecule has 244 valence electrons. The Morgan fingerprint density at radius 1 is 0.939 bits per heavy atom. The summed E-state index contributed by atoms with van der Waals surface area (Å²) in [5.74, 6) is 0.682. The molecule has 0 radical (unpaired) electrons. The van der Waals surface area contributed by atoms with Crippen molar-refractivity contribution in [3.8, 4) is 11.5 Å². The second-order valence-corrected chi connectivity index (χ2v) is 13.5. The Morgan fingerprint density at radius 2 is 1.65 bits per heavy atom. The van der Waals surface area contributed by atoms with Crippen LogP contribution in [0.5, 0.6) is 11.5 Å². The zero-order valence-corrected chi connectivity index (χ0v) is 29.7. The summed E-state index contributed by atoms with van der Waals surface area (Å²) in [6, 6.07) is 36.6. The summed E-state index contributed by atoms with van der Waals surface area (Å²) < 4.78 is 20.6. The van der Waals surface area contributed by atoms with Crippen molar-refractivity contribution in [2.45, 2.75) is 19.6 Å². The predicted molar refractivity (Wildman–Crippen MR) is 201 cm³/mol. The van der Waals surface area contributed by atoms with Gasteiger partial charge in [-0.05, 0) is 75.2 Å². The predicted octanol–water partition coefficient (Wildman–Crippen LogP) is 7.28. The number of methoxy groups -OCH3 is 1. The quantitative estimate of drug-likeness (QED) is 0.114. The molecule has 1 aliphatic heterocycles. The molecule has 0 unspecified atom stereocenters. The van der Waals surface area contributed by atoms with Gasteiger partial charge in [-0.3, -0.25) is 9.36 Å². The molecule has 0 bridgehead atoms. The maximum absolute atomic E-state index is 14.3. The van der Waals surface area contributed by atoms with Gasteiger partial charge in [0.1, 0.15) is 6.61 Å². The van der Waals surface area contributed by atoms with Gasteiger partial charge in [0, 0.05) is 5.56 Å². The minimum absolute atomic E-state index is 0.193. The first-order valence-electron chi connectivity index (χ1n) is 15.8. The number of rotatable bonds is 9. The third kappa shape index (κ3) is 6.43. The zero-order chi connectivity index (χ0) is 33.9. The standard InChI is InChI=1S/C40H31IN2O5S/c1-3-47-39(45)34-35(27-14-6-4-7-15-27)42-40-43(36(34)28-16-8-5-9-17-28)38(44)33(49-40)23-25-21-31(41)37(32(22-25)46-2)48-24-29-19-12-18-26-13-10-11-20-30(26)29/h4-23,36H,3,24H2,1-2H3/b33-23-/t36-/m0/s1. The first kappa shape index (κ1) is 32.5. The molecule has 6 aromatic rings. The van der Waals surface area contributed by atoms with E-state index in [4.69, 9.17) is 19.2 Å². The molecule has 5 aromatic carbocycles. The van der Waals surface area contributed by atoms with Crippen molar-refractivity contribution in [1.29, 1.82) is 0 Å². The third-order valence-corrected chi connectivity index (χ3v) is 10.1. The zero-order valence-electron chi connectivity index (χ0n) is 26.8. The highest BCUT2D eigenvalue weighted by atomic mass is 127. The molecule has 0 amide bonds. The number of ether oxygens (including phenoxy) is 3. The summed E-state index contributed by atoms with van der Waals surface area (Å²) in [6.45, 7) is 2.33. The van der Waals surface area contributed by atoms with Crippen molar-refractivity contribution in [1.82, 2.24) is 4.57 Å². The lowest BCUT2D eigenvalue weighted by Crippen LogP contribution is -2.40. The van der Waals surface area contributed by atoms with Gasteiger partial charge in [0.25, 0.3) is 5.56 Å². The van der Waals surface area contributed by atoms with Crippen LogP contribution in [-0.4, -0.2) is 24.3 Å². The van der Waals surface area contributed by atoms with Gasteiger partial charge in [-0.25, -0.2) is 9.79 Å². The second-order valence-electron chi connectivity index (χ2n) is 11.3. The summed E-state index contributed by atoms with van der Waals surface area (Å²) in [7, 11) is 1.61. The van der Waals surface area contributed by atoms with Crippen LogP contribution in [0, 0.1) is 3.57 Å². The van der Waals surface area contributed by atoms with Crippen LogP contribution in [0.3, 0.4) is 0 Å². The van der Waals surface area contributed by atoms with Gasteiger partial charge >= 0.3 is 5.97 Å². The second kappa shape index (κ2) is 14.2. The number of halogens is 1. The summed E-state index contributed by atoms with van der Waals surface area (Å²) in [5.41, 5.74) is 3.95. The number of benzene rings is 5. The highest BCUT2D eigenvalue weighted by Gasteiger charge is 2.35. The molecule has 49 heavy (non-hydrogen) atoms. The molecule has 0 spiro atoms. The third-order valence-electron chi connectivity index (χ3n) is 8.29. The van der Waals surface area contributed by atoms with Gasteiger partial charge in [0.05, 0.1) is 39.1 Å². The van der Waals surface area contributed by atoms with E-state index in [9.17, 15) is 9.59 Å². The van der Waals surface area contributed by atoms with E-state index in [0.29, 0.717) is 38.7 Å². The number of esters is 1. The minimum atomic E-state index is -0.728. The number of thiazole rings is 1. The lowest BCUT2D eigenvalue weighted by Gasteiger charge is -2.25. The highest BCUT2D eigenvalue weighted by Crippen LogP contribution is 2.37. The first-order chi connectivity index (χ1) is 24.0. The summed E-state index contributed by atoms with van der Waals surface area (Å²) >= 11 is 3.52. The van der Waals surface area contributed by atoms with Crippen LogP contribution in [0.15, 0.2) is 131 Å². The maximum atomic E-state index is 14.3. The van der Waals surface area contributed by atoms with Crippen molar-refractivity contribution in [3.63, 3.8) is 0 Å². The SMILES string of the molecule is CCOC(=O)C1=C(c2ccccc2)N=c2s/c(=C\c3cc(I)c(OCc4cccc5ccccc45)c(OC)c3)c(=O)n2[C@H]1c1ccccc1. The molecule has 0 saturated heterocycles. The number of carbonyl (C=O) groups is 1. The largest absolute Gasteiger partial charge is 0.493 e. The smallest absolute Gasteiger partial charge is 0.338 e. The Kier molecular flexibility index (Phi) is 9.45. The van der Waals surface area contributed by atoms with Gasteiger partial charge < -0.3 is 14.2 Å². The molecule has 9 heteroatoms. The fraction of sp³-hybridized carbons (Fsp3) is 0.125. The van der Waals surface area contributed by atoms with Crippen LogP contribution in [0.1, 0.15) is 35.2 Å². The topological polar surface area (TPSA) is 79.1 Å². The molecule has 1 atom stereocenters. The molecule has 7 nitrogen and oxygen atoms in total. The molecular weight excluding hydrogens is 747 g/mol. The van der Waals surface area contributed by atoms with Crippen molar-refractivity contribution in [2.75, 3.05) is 13.7 Å². The van der Waals surface area contributed by atoms with Crippen molar-refractivity contribution >= 4 is 62.4 Å². The van der Waals surface area contributed by atoms with Crippen molar-refractivity contribution < 1.29 is 19.0 Å². The Bertz CT molecular complexity index is 2400. The van der Waals surface area contributed by atoms with Crippen LogP contribution >= 0.6 is 33.9 Å². The van der Waals surface area contributed by atoms with Gasteiger partial charge in [0.15, 0.2) is 16.3 Å². The van der Waals surface area contributed by atoms with Crippen LogP contribution < -0.4 is 24.4 Å². The number of hydrogen-bond acceptors (Lipinski definition) is 7. The van der Waals surface area contributed by atoms with Gasteiger partial charge in [0.2, 0.25) is 0 Å². The maximum Gasteiger partial charge on any atom is 0.338 e. The number of aromatic nitrogens is 1. The van der Waals surface area contributed by atoms with E-state index in [1.807, 2.05) is 97.1 Å². The molecular formula is C40H31IN2O5S. The summed E-state index contributed by atoms with van der Waals surface area (Å²) in [4.78, 5) is 33.4. The fourth-order valence-electron chi connectivity index (χ4n) is 6.07. The van der Waals surface area contributed by atoms with Crippen molar-refractivity contribution in [3.05, 3.63) is 166 Å². The van der Waals surface area contributed by atoms with Gasteiger partial charge in [-0.15, -0.1) is 0 Å². The number of hydrogen-bond donors (Lipinski definition) is 0. The Balaban J connectivity index is 1.32. The molecule has 0 fully saturated rings. The van der Waals surface area contributed by atoms with E-state index >= 15 is 0 Å². The monoisotopic (exact) mass is 778 g/mol. The molecule has 0 aliphatic carbocycles. The Morgan fingerprint density at radius 3 is 2.41 bits per heavy atom. The first-order valence-corrected chi connectivity index (χ1v) is 17.7. The van der Waals surface area contributed by atoms with Gasteiger partial charge in [-0.1, -0.05) is 114 Å². The van der Waals surface area contributed by atoms with Crippen molar-refractivity contribution in [2.24, 2.45) is 4.99 Å². The summed E-state index contributed by atoms with van der Waals surface area (Å²) in [5, 5.41) is 2.29. The molecule has 1 aliphatic rings. The number of fused-ring (bicyclic) bond motifs is 2. The van der Waals surface area contributed by atoms with E-state index in [2.05, 4.69) is 46.9 Å². The lowest BCUT2D eigenvalue weighted by atomic mass is 9.93. The molecule has 2 heterocycles. The Labute approximate surface area is 300 Å². The van der Waals surface area contributed by atoms with Crippen LogP contribution in [-0.2, 0) is 16.1 Å². The highest BCUT2D eigenvalue weighted by molar-refractivity contribution is 14.1. The lowest BCUT2D eigenvalue weighted by molar-refractivity contribution is -0.138. The summed E-state index contributed by atoms with van der Waals surface area (Å²) in [6.07, 6.45) is 1.83. The fourth-order valence-corrected chi connectivity index (χ4v) is 7.86. The average Bonchev–Trinajstić information content (AvgIpc) is 3.44. The van der Waals surface area contributed by atoms with E-state index in [0.717, 1.165) is 36.6 Å². The molecule has 0 N–H and O–H groups in total. The van der Waals surface area contributed by atoms with Crippen LogP contribution in [0.4, 0.5) is 0 Å². The normalized spacial score (nSPS) is 14.3. The number of carbonyl (C=O) groups excluding carboxylic acids is 1. The van der Waals surface area contributed by atoms with Gasteiger partial charge in [-0.2, -0.15) is 0 Å². The minimum Gasteiger partial charge on any atom is -0.493 e. The molecule has 0 saturated carbocycles. The van der Waals surface area contributed by atoms with E-state index in [-0.39, 0.29) is 12.2 Å². The van der Waals surface area contributed by atoms with E-state index < -0.39 is 12.0 Å². The van der Waals surface area contributed by atoms with E-state index in [1.54, 1.807) is 18.6 Å². The average molecular weight is 779 g/mol. The van der Waals surface area contributed by atoms with Crippen LogP contribution in [0.2, 0.25) is 0 Å². The Hall–Kier alpha value is -5.00.